The van der Waals surface area contributed by atoms with Crippen LogP contribution in [0.2, 0.25) is 0 Å². The normalized spacial score (nSPS) is 13.0. The topological polar surface area (TPSA) is 0 Å². The molecule has 0 aliphatic rings. The molecule has 0 bridgehead atoms. The zero-order valence-corrected chi connectivity index (χ0v) is 17.4. The van der Waals surface area contributed by atoms with Crippen molar-refractivity contribution in [3.63, 3.8) is 0 Å². The lowest BCUT2D eigenvalue weighted by atomic mass is 10.1. The number of unbranched alkanes of at least 4 members (excludes halogenated alkanes) is 12. The van der Waals surface area contributed by atoms with E-state index < -0.39 is 0 Å². The third-order valence-corrected chi connectivity index (χ3v) is 6.81. The van der Waals surface area contributed by atoms with E-state index in [1.165, 1.54) is 89.9 Å². The van der Waals surface area contributed by atoms with Crippen LogP contribution in [0.4, 0.5) is 0 Å². The van der Waals surface area contributed by atoms with Gasteiger partial charge in [0, 0.05) is 8.27 Å². The molecule has 0 amide bonds. The van der Waals surface area contributed by atoms with E-state index in [0.717, 1.165) is 8.27 Å². The summed E-state index contributed by atoms with van der Waals surface area (Å²) in [6.07, 6.45) is 24.5. The smallest absolute Gasteiger partial charge is 0.0648 e. The van der Waals surface area contributed by atoms with E-state index in [9.17, 15) is 0 Å². The summed E-state index contributed by atoms with van der Waals surface area (Å²) in [5.74, 6) is 4.91. The maximum Gasteiger partial charge on any atom is 0.0648 e. The highest BCUT2D eigenvalue weighted by Crippen LogP contribution is 2.39. The SMILES string of the molecule is CCCCCCCC/C=C/P[PH2+]/C=C/CCCCCCCC. The van der Waals surface area contributed by atoms with Crippen LogP contribution < -0.4 is 0 Å². The van der Waals surface area contributed by atoms with Crippen molar-refractivity contribution in [3.05, 3.63) is 23.8 Å². The van der Waals surface area contributed by atoms with Crippen molar-refractivity contribution in [2.45, 2.75) is 104 Å². The van der Waals surface area contributed by atoms with Crippen LogP contribution in [0.1, 0.15) is 104 Å². The average Bonchev–Trinajstić information content (AvgIpc) is 2.54. The van der Waals surface area contributed by atoms with Gasteiger partial charge in [-0.3, -0.25) is 0 Å². The molecule has 0 spiro atoms. The van der Waals surface area contributed by atoms with Crippen LogP contribution in [0.3, 0.4) is 0 Å². The second kappa shape index (κ2) is 21.3. The molecule has 0 N–H and O–H groups in total. The lowest BCUT2D eigenvalue weighted by molar-refractivity contribution is 0.611. The largest absolute Gasteiger partial charge is 0.0808 e. The Kier molecular flexibility index (Phi) is 21.7. The molecule has 0 aliphatic heterocycles. The molecule has 0 aromatic heterocycles. The van der Waals surface area contributed by atoms with Crippen molar-refractivity contribution >= 4 is 16.5 Å². The Morgan fingerprint density at radius 3 is 1.73 bits per heavy atom. The number of hydrogen-bond acceptors (Lipinski definition) is 0. The van der Waals surface area contributed by atoms with Crippen LogP contribution in [-0.4, -0.2) is 0 Å². The summed E-state index contributed by atoms with van der Waals surface area (Å²) in [5.41, 5.74) is 0. The van der Waals surface area contributed by atoms with Crippen LogP contribution in [-0.2, 0) is 0 Å². The average molecular weight is 343 g/mol. The van der Waals surface area contributed by atoms with E-state index in [1.807, 2.05) is 0 Å². The van der Waals surface area contributed by atoms with Crippen molar-refractivity contribution < 1.29 is 0 Å². The van der Waals surface area contributed by atoms with Gasteiger partial charge in [0.1, 0.15) is 0 Å². The number of rotatable bonds is 17. The first kappa shape index (κ1) is 22.3. The molecule has 2 heteroatoms. The molecule has 0 aromatic carbocycles. The highest BCUT2D eigenvalue weighted by molar-refractivity contribution is 8.14. The standard InChI is InChI=1S/C20H40P2/c1-3-5-7-9-11-13-15-17-19-21-22-20-18-16-14-12-10-8-6-4-2/h17-22H,3-16H2,1-2H3/p+1/b19-17+,20-18+. The molecule has 0 rings (SSSR count). The monoisotopic (exact) mass is 343 g/mol. The molecule has 0 aromatic rings. The highest BCUT2D eigenvalue weighted by atomic mass is 32.0. The lowest BCUT2D eigenvalue weighted by Gasteiger charge is -1.97. The molecular formula is C20H41P2+. The van der Waals surface area contributed by atoms with Crippen LogP contribution >= 0.6 is 16.5 Å². The Morgan fingerprint density at radius 1 is 0.636 bits per heavy atom. The van der Waals surface area contributed by atoms with Crippen LogP contribution in [0.5, 0.6) is 0 Å². The van der Waals surface area contributed by atoms with Gasteiger partial charge in [-0.2, -0.15) is 0 Å². The van der Waals surface area contributed by atoms with Gasteiger partial charge in [0.05, 0.1) is 14.1 Å². The van der Waals surface area contributed by atoms with E-state index >= 15 is 0 Å². The van der Waals surface area contributed by atoms with Gasteiger partial charge in [0.2, 0.25) is 0 Å². The van der Waals surface area contributed by atoms with Gasteiger partial charge in [-0.1, -0.05) is 84.1 Å². The molecule has 0 nitrogen and oxygen atoms in total. The van der Waals surface area contributed by atoms with Gasteiger partial charge < -0.3 is 0 Å². The lowest BCUT2D eigenvalue weighted by Crippen LogP contribution is -1.77. The minimum Gasteiger partial charge on any atom is -0.0808 e. The summed E-state index contributed by atoms with van der Waals surface area (Å²) in [6.45, 7) is 4.57. The van der Waals surface area contributed by atoms with E-state index in [0.29, 0.717) is 8.27 Å². The predicted octanol–water partition coefficient (Wildman–Crippen LogP) is 8.52. The fourth-order valence-electron chi connectivity index (χ4n) is 2.51. The highest BCUT2D eigenvalue weighted by Gasteiger charge is 1.90. The minimum absolute atomic E-state index is 0.545. The summed E-state index contributed by atoms with van der Waals surface area (Å²) in [5, 5.41) is 0. The number of hydrogen-bond donors (Lipinski definition) is 0. The molecule has 0 saturated heterocycles. The molecule has 2 atom stereocenters. The molecule has 0 saturated carbocycles. The van der Waals surface area contributed by atoms with E-state index in [1.54, 1.807) is 0 Å². The second-order valence-electron chi connectivity index (χ2n) is 6.28. The molecule has 0 fully saturated rings. The summed E-state index contributed by atoms with van der Waals surface area (Å²) in [6, 6.07) is 0. The third kappa shape index (κ3) is 20.3. The molecule has 0 heterocycles. The van der Waals surface area contributed by atoms with Crippen LogP contribution in [0, 0.1) is 0 Å². The van der Waals surface area contributed by atoms with Crippen molar-refractivity contribution in [3.8, 4) is 0 Å². The van der Waals surface area contributed by atoms with Gasteiger partial charge in [-0.05, 0) is 37.6 Å². The molecule has 130 valence electrons. The van der Waals surface area contributed by atoms with Gasteiger partial charge >= 0.3 is 0 Å². The summed E-state index contributed by atoms with van der Waals surface area (Å²) in [4.78, 5) is 0. The van der Waals surface area contributed by atoms with Gasteiger partial charge in [0.25, 0.3) is 0 Å². The van der Waals surface area contributed by atoms with E-state index in [4.69, 9.17) is 0 Å². The van der Waals surface area contributed by atoms with Gasteiger partial charge in [-0.15, -0.1) is 0 Å². The zero-order valence-electron chi connectivity index (χ0n) is 15.3. The first-order valence-corrected chi connectivity index (χ1v) is 13.4. The first-order valence-electron chi connectivity index (χ1n) is 9.81. The Balaban J connectivity index is 3.14. The molecule has 22 heavy (non-hydrogen) atoms. The maximum absolute atomic E-state index is 2.47. The van der Waals surface area contributed by atoms with Crippen molar-refractivity contribution in [1.29, 1.82) is 0 Å². The summed E-state index contributed by atoms with van der Waals surface area (Å²) in [7, 11) is 1.62. The molecule has 0 aliphatic carbocycles. The fourth-order valence-corrected chi connectivity index (χ4v) is 4.85. The quantitative estimate of drug-likeness (QED) is 0.183. The van der Waals surface area contributed by atoms with Crippen LogP contribution in [0.25, 0.3) is 0 Å². The van der Waals surface area contributed by atoms with Crippen molar-refractivity contribution in [1.82, 2.24) is 0 Å². The zero-order chi connectivity index (χ0) is 16.1. The fraction of sp³-hybridized carbons (Fsp3) is 0.800. The molecular weight excluding hydrogens is 302 g/mol. The van der Waals surface area contributed by atoms with E-state index in [-0.39, 0.29) is 0 Å². The Hall–Kier alpha value is 0.340. The summed E-state index contributed by atoms with van der Waals surface area (Å²) < 4.78 is 0. The van der Waals surface area contributed by atoms with Crippen molar-refractivity contribution in [2.24, 2.45) is 0 Å². The second-order valence-corrected chi connectivity index (χ2v) is 9.66. The van der Waals surface area contributed by atoms with E-state index in [2.05, 4.69) is 37.6 Å². The van der Waals surface area contributed by atoms with Crippen molar-refractivity contribution in [2.75, 3.05) is 0 Å². The number of allylic oxidation sites excluding steroid dienone is 2. The Bertz CT molecular complexity index is 220. The maximum atomic E-state index is 2.47. The predicted molar refractivity (Wildman–Crippen MR) is 112 cm³/mol. The molecule has 0 radical (unpaired) electrons. The Labute approximate surface area is 144 Å². The molecule has 2 unspecified atom stereocenters. The first-order chi connectivity index (χ1) is 10.9. The summed E-state index contributed by atoms with van der Waals surface area (Å²) >= 11 is 0. The van der Waals surface area contributed by atoms with Gasteiger partial charge in [-0.25, -0.2) is 0 Å². The van der Waals surface area contributed by atoms with Crippen LogP contribution in [0.15, 0.2) is 23.8 Å². The third-order valence-electron chi connectivity index (χ3n) is 3.99. The minimum atomic E-state index is 0.545. The van der Waals surface area contributed by atoms with Gasteiger partial charge in [0.15, 0.2) is 0 Å². The Morgan fingerprint density at radius 2 is 1.14 bits per heavy atom.